The highest BCUT2D eigenvalue weighted by Gasteiger charge is 2.21. The Labute approximate surface area is 234 Å². The molecule has 3 N–H and O–H groups in total. The Kier molecular flexibility index (Phi) is 8.95. The number of hydrogen-bond donors (Lipinski definition) is 3. The van der Waals surface area contributed by atoms with E-state index in [2.05, 4.69) is 50.7 Å². The standard InChI is InChI=1S/C30H39N7O3/c1-21-20-22(2)37(35-21)19-18-36(16-6-5-9-24-13-12-23-8-7-15-31-28(23)32-24)17-14-26(29(38)39)34-30-33-25-10-3-4-11-27(25)40-30/h3-4,10-13,20,26H,5-9,14-19H2,1-2H3,(H,31,32)(H,33,34)(H,38,39). The van der Waals surface area contributed by atoms with Crippen LogP contribution in [0.3, 0.4) is 0 Å². The molecule has 0 bridgehead atoms. The Morgan fingerprint density at radius 1 is 1.15 bits per heavy atom. The van der Waals surface area contributed by atoms with Gasteiger partial charge in [-0.3, -0.25) is 4.68 Å². The number of oxazole rings is 1. The maximum atomic E-state index is 12.1. The lowest BCUT2D eigenvalue weighted by Gasteiger charge is -2.24. The van der Waals surface area contributed by atoms with Crippen LogP contribution in [0.4, 0.5) is 11.8 Å². The molecule has 0 aliphatic carbocycles. The summed E-state index contributed by atoms with van der Waals surface area (Å²) >= 11 is 0. The van der Waals surface area contributed by atoms with Crippen LogP contribution in [0.25, 0.3) is 11.1 Å². The third kappa shape index (κ3) is 7.18. The molecule has 40 heavy (non-hydrogen) atoms. The van der Waals surface area contributed by atoms with E-state index in [-0.39, 0.29) is 6.01 Å². The molecular weight excluding hydrogens is 506 g/mol. The number of pyridine rings is 1. The normalized spacial score (nSPS) is 13.8. The molecule has 1 aliphatic rings. The second kappa shape index (κ2) is 13.0. The fourth-order valence-corrected chi connectivity index (χ4v) is 5.27. The molecule has 1 atom stereocenters. The second-order valence-electron chi connectivity index (χ2n) is 10.6. The van der Waals surface area contributed by atoms with Crippen LogP contribution < -0.4 is 10.6 Å². The van der Waals surface area contributed by atoms with Gasteiger partial charge >= 0.3 is 5.97 Å². The fourth-order valence-electron chi connectivity index (χ4n) is 5.27. The quantitative estimate of drug-likeness (QED) is 0.194. The second-order valence-corrected chi connectivity index (χ2v) is 10.6. The number of benzene rings is 1. The van der Waals surface area contributed by atoms with Crippen LogP contribution in [-0.2, 0) is 24.2 Å². The lowest BCUT2D eigenvalue weighted by Crippen LogP contribution is -2.37. The Balaban J connectivity index is 1.18. The molecule has 4 heterocycles. The molecule has 0 radical (unpaired) electrons. The molecule has 3 aromatic heterocycles. The minimum absolute atomic E-state index is 0.231. The summed E-state index contributed by atoms with van der Waals surface area (Å²) in [6.45, 7) is 8.11. The number of carbonyl (C=O) groups is 1. The van der Waals surface area contributed by atoms with E-state index in [0.717, 1.165) is 81.2 Å². The van der Waals surface area contributed by atoms with Crippen LogP contribution >= 0.6 is 0 Å². The topological polar surface area (TPSA) is 121 Å². The van der Waals surface area contributed by atoms with Crippen molar-refractivity contribution in [2.75, 3.05) is 36.8 Å². The van der Waals surface area contributed by atoms with Gasteiger partial charge < -0.3 is 25.1 Å². The fraction of sp³-hybridized carbons (Fsp3) is 0.467. The first-order valence-electron chi connectivity index (χ1n) is 14.3. The number of carboxylic acids is 1. The molecule has 0 spiro atoms. The van der Waals surface area contributed by atoms with Gasteiger partial charge in [0.05, 0.1) is 12.2 Å². The molecule has 0 fully saturated rings. The van der Waals surface area contributed by atoms with Crippen molar-refractivity contribution in [3.63, 3.8) is 0 Å². The van der Waals surface area contributed by atoms with Crippen molar-refractivity contribution in [1.82, 2.24) is 24.6 Å². The van der Waals surface area contributed by atoms with E-state index in [9.17, 15) is 9.90 Å². The number of aryl methyl sites for hydroxylation is 4. The predicted molar refractivity (Wildman–Crippen MR) is 156 cm³/mol. The van der Waals surface area contributed by atoms with Gasteiger partial charge in [0.25, 0.3) is 6.01 Å². The van der Waals surface area contributed by atoms with Gasteiger partial charge in [-0.25, -0.2) is 9.78 Å². The number of hydrogen-bond acceptors (Lipinski definition) is 8. The third-order valence-corrected chi connectivity index (χ3v) is 7.46. The zero-order chi connectivity index (χ0) is 27.9. The van der Waals surface area contributed by atoms with E-state index >= 15 is 0 Å². The van der Waals surface area contributed by atoms with Gasteiger partial charge in [-0.2, -0.15) is 10.1 Å². The Hall–Kier alpha value is -3.92. The molecule has 10 nitrogen and oxygen atoms in total. The number of nitrogens with one attached hydrogen (secondary N) is 2. The summed E-state index contributed by atoms with van der Waals surface area (Å²) in [4.78, 5) is 23.7. The first-order chi connectivity index (χ1) is 19.4. The van der Waals surface area contributed by atoms with Crippen LogP contribution in [0, 0.1) is 13.8 Å². The highest BCUT2D eigenvalue weighted by molar-refractivity contribution is 5.78. The first kappa shape index (κ1) is 27.6. The van der Waals surface area contributed by atoms with Crippen molar-refractivity contribution in [3.05, 3.63) is 65.1 Å². The minimum atomic E-state index is -0.923. The van der Waals surface area contributed by atoms with Crippen molar-refractivity contribution in [2.45, 2.75) is 65.0 Å². The molecule has 212 valence electrons. The van der Waals surface area contributed by atoms with E-state index < -0.39 is 12.0 Å². The van der Waals surface area contributed by atoms with E-state index in [1.54, 1.807) is 0 Å². The van der Waals surface area contributed by atoms with Crippen LogP contribution in [0.15, 0.2) is 46.9 Å². The summed E-state index contributed by atoms with van der Waals surface area (Å²) in [5, 5.41) is 20.9. The summed E-state index contributed by atoms with van der Waals surface area (Å²) in [5.74, 6) is 0.120. The number of anilines is 2. The lowest BCUT2D eigenvalue weighted by molar-refractivity contribution is -0.138. The van der Waals surface area contributed by atoms with Crippen molar-refractivity contribution < 1.29 is 14.3 Å². The summed E-state index contributed by atoms with van der Waals surface area (Å²) in [6.07, 6.45) is 5.62. The molecule has 0 saturated carbocycles. The molecule has 10 heteroatoms. The van der Waals surface area contributed by atoms with E-state index in [1.165, 1.54) is 5.56 Å². The van der Waals surface area contributed by atoms with E-state index in [4.69, 9.17) is 9.40 Å². The smallest absolute Gasteiger partial charge is 0.326 e. The van der Waals surface area contributed by atoms with Gasteiger partial charge in [0.2, 0.25) is 0 Å². The summed E-state index contributed by atoms with van der Waals surface area (Å²) in [5.41, 5.74) is 5.89. The largest absolute Gasteiger partial charge is 0.480 e. The molecule has 1 aliphatic heterocycles. The Morgan fingerprint density at radius 3 is 2.83 bits per heavy atom. The Morgan fingerprint density at radius 2 is 2.02 bits per heavy atom. The first-order valence-corrected chi connectivity index (χ1v) is 14.3. The molecule has 4 aromatic rings. The highest BCUT2D eigenvalue weighted by atomic mass is 16.4. The van der Waals surface area contributed by atoms with E-state index in [0.29, 0.717) is 24.1 Å². The van der Waals surface area contributed by atoms with Gasteiger partial charge in [-0.05, 0) is 88.7 Å². The maximum absolute atomic E-state index is 12.1. The maximum Gasteiger partial charge on any atom is 0.326 e. The summed E-state index contributed by atoms with van der Waals surface area (Å²) in [6, 6.07) is 13.3. The van der Waals surface area contributed by atoms with Crippen LogP contribution in [0.1, 0.15) is 48.3 Å². The summed E-state index contributed by atoms with van der Waals surface area (Å²) in [7, 11) is 0. The average Bonchev–Trinajstić information content (AvgIpc) is 3.51. The van der Waals surface area contributed by atoms with Gasteiger partial charge in [-0.1, -0.05) is 18.2 Å². The number of unbranched alkanes of at least 4 members (excludes halogenated alkanes) is 1. The number of para-hydroxylation sites is 2. The number of carboxylic acid groups (broad SMARTS) is 1. The number of rotatable bonds is 14. The van der Waals surface area contributed by atoms with Crippen molar-refractivity contribution in [2.24, 2.45) is 0 Å². The van der Waals surface area contributed by atoms with Gasteiger partial charge in [-0.15, -0.1) is 0 Å². The number of aromatic nitrogens is 4. The molecule has 5 rings (SSSR count). The molecule has 0 amide bonds. The lowest BCUT2D eigenvalue weighted by atomic mass is 10.1. The number of nitrogens with zero attached hydrogens (tertiary/aromatic N) is 5. The van der Waals surface area contributed by atoms with Crippen molar-refractivity contribution in [1.29, 1.82) is 0 Å². The molecule has 1 unspecified atom stereocenters. The summed E-state index contributed by atoms with van der Waals surface area (Å²) < 4.78 is 7.74. The zero-order valence-corrected chi connectivity index (χ0v) is 23.4. The van der Waals surface area contributed by atoms with Gasteiger partial charge in [0.15, 0.2) is 5.58 Å². The molecule has 1 aromatic carbocycles. The van der Waals surface area contributed by atoms with E-state index in [1.807, 2.05) is 35.9 Å². The SMILES string of the molecule is Cc1cc(C)n(CCN(CCCCc2ccc3c(n2)NCCC3)CCC(Nc2nc3ccccc3o2)C(=O)O)n1. The third-order valence-electron chi connectivity index (χ3n) is 7.46. The predicted octanol–water partition coefficient (Wildman–Crippen LogP) is 4.67. The van der Waals surface area contributed by atoms with Gasteiger partial charge in [0.1, 0.15) is 17.4 Å². The van der Waals surface area contributed by atoms with Crippen molar-refractivity contribution in [3.8, 4) is 0 Å². The van der Waals surface area contributed by atoms with Gasteiger partial charge in [0, 0.05) is 31.0 Å². The highest BCUT2D eigenvalue weighted by Crippen LogP contribution is 2.21. The van der Waals surface area contributed by atoms with Crippen LogP contribution in [-0.4, -0.2) is 67.9 Å². The Bertz CT molecular complexity index is 1400. The van der Waals surface area contributed by atoms with Crippen molar-refractivity contribution >= 4 is 28.9 Å². The monoisotopic (exact) mass is 545 g/mol. The molecule has 0 saturated heterocycles. The minimum Gasteiger partial charge on any atom is -0.480 e. The number of aliphatic carboxylic acids is 1. The number of fused-ring (bicyclic) bond motifs is 2. The average molecular weight is 546 g/mol. The van der Waals surface area contributed by atoms with Crippen LogP contribution in [0.5, 0.6) is 0 Å². The van der Waals surface area contributed by atoms with Crippen LogP contribution in [0.2, 0.25) is 0 Å². The molecular formula is C30H39N7O3. The zero-order valence-electron chi connectivity index (χ0n) is 23.4.